The summed E-state index contributed by atoms with van der Waals surface area (Å²) in [5, 5.41) is 5.40. The number of rotatable bonds is 5. The molecule has 1 aromatic carbocycles. The Labute approximate surface area is 109 Å². The summed E-state index contributed by atoms with van der Waals surface area (Å²) >= 11 is 5.81. The molecule has 0 saturated carbocycles. The van der Waals surface area contributed by atoms with Crippen LogP contribution in [0.2, 0.25) is 5.02 Å². The first-order chi connectivity index (χ1) is 8.56. The van der Waals surface area contributed by atoms with Gasteiger partial charge in [-0.1, -0.05) is 11.6 Å². The van der Waals surface area contributed by atoms with Crippen molar-refractivity contribution in [3.63, 3.8) is 0 Å². The van der Waals surface area contributed by atoms with Gasteiger partial charge in [-0.2, -0.15) is 0 Å². The predicted molar refractivity (Wildman–Crippen MR) is 68.7 cm³/mol. The number of nitrogens with two attached hydrogens (primary N) is 1. The maximum absolute atomic E-state index is 11.5. The monoisotopic (exact) mass is 271 g/mol. The highest BCUT2D eigenvalue weighted by atomic mass is 35.5. The van der Waals surface area contributed by atoms with Gasteiger partial charge < -0.3 is 21.1 Å². The molecule has 4 N–H and O–H groups in total. The molecule has 1 rings (SSSR count). The van der Waals surface area contributed by atoms with E-state index >= 15 is 0 Å². The first-order valence-corrected chi connectivity index (χ1v) is 5.54. The summed E-state index contributed by atoms with van der Waals surface area (Å²) in [7, 11) is 1.48. The Kier molecular flexibility index (Phi) is 5.41. The molecular weight excluding hydrogens is 258 g/mol. The van der Waals surface area contributed by atoms with Gasteiger partial charge in [-0.3, -0.25) is 9.59 Å². The van der Waals surface area contributed by atoms with Gasteiger partial charge in [0.2, 0.25) is 11.8 Å². The van der Waals surface area contributed by atoms with Crippen molar-refractivity contribution in [3.05, 3.63) is 23.2 Å². The molecule has 0 unspecified atom stereocenters. The lowest BCUT2D eigenvalue weighted by Crippen LogP contribution is -2.36. The average Bonchev–Trinajstić information content (AvgIpc) is 2.36. The van der Waals surface area contributed by atoms with Gasteiger partial charge in [0, 0.05) is 5.02 Å². The van der Waals surface area contributed by atoms with E-state index in [-0.39, 0.29) is 13.1 Å². The topological polar surface area (TPSA) is 93.5 Å². The van der Waals surface area contributed by atoms with E-state index in [1.807, 2.05) is 0 Å². The second-order valence-electron chi connectivity index (χ2n) is 3.37. The average molecular weight is 272 g/mol. The summed E-state index contributed by atoms with van der Waals surface area (Å²) in [5.41, 5.74) is 5.54. The normalized spacial score (nSPS) is 9.72. The summed E-state index contributed by atoms with van der Waals surface area (Å²) in [5.74, 6) is -0.307. The van der Waals surface area contributed by atoms with E-state index in [1.54, 1.807) is 18.2 Å². The number of benzene rings is 1. The molecule has 0 aliphatic rings. The minimum Gasteiger partial charge on any atom is -0.495 e. The fourth-order valence-corrected chi connectivity index (χ4v) is 1.40. The standard InChI is InChI=1S/C11H14ClN3O3/c1-18-9-3-2-7(12)4-8(9)15-11(17)6-14-10(16)5-13/h2-4H,5-6,13H2,1H3,(H,14,16)(H,15,17). The maximum Gasteiger partial charge on any atom is 0.243 e. The second-order valence-corrected chi connectivity index (χ2v) is 3.81. The zero-order valence-corrected chi connectivity index (χ0v) is 10.6. The first kappa shape index (κ1) is 14.3. The molecular formula is C11H14ClN3O3. The number of ether oxygens (including phenoxy) is 1. The molecule has 0 spiro atoms. The number of nitrogens with one attached hydrogen (secondary N) is 2. The number of hydrogen-bond donors (Lipinski definition) is 3. The minimum absolute atomic E-state index is 0.159. The van der Waals surface area contributed by atoms with Crippen LogP contribution in [0.15, 0.2) is 18.2 Å². The molecule has 7 heteroatoms. The number of anilines is 1. The van der Waals surface area contributed by atoms with E-state index in [0.717, 1.165) is 0 Å². The Morgan fingerprint density at radius 1 is 1.39 bits per heavy atom. The molecule has 18 heavy (non-hydrogen) atoms. The van der Waals surface area contributed by atoms with Crippen LogP contribution in [0.5, 0.6) is 5.75 Å². The van der Waals surface area contributed by atoms with Crippen LogP contribution in [-0.4, -0.2) is 32.0 Å². The molecule has 6 nitrogen and oxygen atoms in total. The third kappa shape index (κ3) is 4.23. The first-order valence-electron chi connectivity index (χ1n) is 5.17. The van der Waals surface area contributed by atoms with Crippen molar-refractivity contribution in [1.82, 2.24) is 5.32 Å². The number of amides is 2. The Morgan fingerprint density at radius 3 is 2.72 bits per heavy atom. The van der Waals surface area contributed by atoms with Crippen molar-refractivity contribution in [3.8, 4) is 5.75 Å². The van der Waals surface area contributed by atoms with Gasteiger partial charge in [0.15, 0.2) is 0 Å². The van der Waals surface area contributed by atoms with Crippen molar-refractivity contribution in [2.24, 2.45) is 5.73 Å². The summed E-state index contributed by atoms with van der Waals surface area (Å²) in [6.45, 7) is -0.320. The Hall–Kier alpha value is -1.79. The Balaban J connectivity index is 2.63. The van der Waals surface area contributed by atoms with Crippen LogP contribution in [0.3, 0.4) is 0 Å². The summed E-state index contributed by atoms with van der Waals surface area (Å²) in [6, 6.07) is 4.84. The molecule has 0 heterocycles. The van der Waals surface area contributed by atoms with E-state index in [2.05, 4.69) is 10.6 Å². The van der Waals surface area contributed by atoms with Crippen LogP contribution in [0, 0.1) is 0 Å². The van der Waals surface area contributed by atoms with Crippen LogP contribution < -0.4 is 21.1 Å². The van der Waals surface area contributed by atoms with Gasteiger partial charge in [-0.05, 0) is 18.2 Å². The quantitative estimate of drug-likeness (QED) is 0.721. The van der Waals surface area contributed by atoms with Crippen LogP contribution in [0.4, 0.5) is 5.69 Å². The minimum atomic E-state index is -0.400. The number of halogens is 1. The predicted octanol–water partition coefficient (Wildman–Crippen LogP) is 0.362. The zero-order valence-electron chi connectivity index (χ0n) is 9.83. The molecule has 0 fully saturated rings. The molecule has 2 amide bonds. The highest BCUT2D eigenvalue weighted by molar-refractivity contribution is 6.31. The molecule has 0 atom stereocenters. The van der Waals surface area contributed by atoms with Crippen LogP contribution >= 0.6 is 11.6 Å². The van der Waals surface area contributed by atoms with Crippen molar-refractivity contribution in [1.29, 1.82) is 0 Å². The fraction of sp³-hybridized carbons (Fsp3) is 0.273. The molecule has 0 saturated heterocycles. The van der Waals surface area contributed by atoms with E-state index in [4.69, 9.17) is 22.1 Å². The third-order valence-electron chi connectivity index (χ3n) is 2.07. The van der Waals surface area contributed by atoms with Crippen molar-refractivity contribution in [2.45, 2.75) is 0 Å². The van der Waals surface area contributed by atoms with Gasteiger partial charge in [0.25, 0.3) is 0 Å². The van der Waals surface area contributed by atoms with Gasteiger partial charge in [-0.15, -0.1) is 0 Å². The highest BCUT2D eigenvalue weighted by Crippen LogP contribution is 2.27. The van der Waals surface area contributed by atoms with E-state index in [9.17, 15) is 9.59 Å². The van der Waals surface area contributed by atoms with Gasteiger partial charge in [0.1, 0.15) is 5.75 Å². The Morgan fingerprint density at radius 2 is 2.11 bits per heavy atom. The number of carbonyl (C=O) groups is 2. The molecule has 0 aromatic heterocycles. The van der Waals surface area contributed by atoms with Gasteiger partial charge in [0.05, 0.1) is 25.9 Å². The summed E-state index contributed by atoms with van der Waals surface area (Å²) < 4.78 is 5.07. The van der Waals surface area contributed by atoms with Crippen LogP contribution in [0.25, 0.3) is 0 Å². The SMILES string of the molecule is COc1ccc(Cl)cc1NC(=O)CNC(=O)CN. The molecule has 0 aliphatic carbocycles. The summed E-state index contributed by atoms with van der Waals surface area (Å²) in [6.07, 6.45) is 0. The van der Waals surface area contributed by atoms with Crippen molar-refractivity contribution < 1.29 is 14.3 Å². The van der Waals surface area contributed by atoms with Crippen LogP contribution in [-0.2, 0) is 9.59 Å². The van der Waals surface area contributed by atoms with E-state index < -0.39 is 11.8 Å². The van der Waals surface area contributed by atoms with Crippen LogP contribution in [0.1, 0.15) is 0 Å². The van der Waals surface area contributed by atoms with Crippen molar-refractivity contribution >= 4 is 29.1 Å². The zero-order chi connectivity index (χ0) is 13.5. The Bertz CT molecular complexity index is 451. The van der Waals surface area contributed by atoms with E-state index in [1.165, 1.54) is 7.11 Å². The second kappa shape index (κ2) is 6.83. The summed E-state index contributed by atoms with van der Waals surface area (Å²) in [4.78, 5) is 22.4. The fourth-order valence-electron chi connectivity index (χ4n) is 1.22. The molecule has 0 bridgehead atoms. The van der Waals surface area contributed by atoms with Crippen molar-refractivity contribution in [2.75, 3.05) is 25.5 Å². The third-order valence-corrected chi connectivity index (χ3v) is 2.30. The lowest BCUT2D eigenvalue weighted by Gasteiger charge is -2.10. The van der Waals surface area contributed by atoms with Gasteiger partial charge >= 0.3 is 0 Å². The molecule has 98 valence electrons. The molecule has 1 aromatic rings. The number of carbonyl (C=O) groups excluding carboxylic acids is 2. The molecule has 0 radical (unpaired) electrons. The van der Waals surface area contributed by atoms with E-state index in [0.29, 0.717) is 16.5 Å². The lowest BCUT2D eigenvalue weighted by atomic mass is 10.3. The number of methoxy groups -OCH3 is 1. The number of hydrogen-bond acceptors (Lipinski definition) is 4. The van der Waals surface area contributed by atoms with Gasteiger partial charge in [-0.25, -0.2) is 0 Å². The lowest BCUT2D eigenvalue weighted by molar-refractivity contribution is -0.123. The smallest absolute Gasteiger partial charge is 0.243 e. The largest absolute Gasteiger partial charge is 0.495 e. The maximum atomic E-state index is 11.5. The highest BCUT2D eigenvalue weighted by Gasteiger charge is 2.09. The molecule has 0 aliphatic heterocycles.